The summed E-state index contributed by atoms with van der Waals surface area (Å²) in [5.41, 5.74) is 17.1. The van der Waals surface area contributed by atoms with Crippen molar-refractivity contribution in [3.05, 3.63) is 237 Å². The molecule has 3 nitrogen and oxygen atoms in total. The fraction of sp³-hybridized carbons (Fsp3) is 0. The van der Waals surface area contributed by atoms with Crippen LogP contribution in [0.15, 0.2) is 237 Å². The molecule has 0 unspecified atom stereocenters. The molecule has 0 amide bonds. The molecular formula is C59H39N3. The number of hydrogen-bond donors (Lipinski definition) is 0. The molecule has 2 heterocycles. The molecule has 9 aromatic carbocycles. The van der Waals surface area contributed by atoms with E-state index in [2.05, 4.69) is 224 Å². The van der Waals surface area contributed by atoms with Crippen LogP contribution in [0.2, 0.25) is 0 Å². The summed E-state index contributed by atoms with van der Waals surface area (Å²) < 4.78 is 0. The summed E-state index contributed by atoms with van der Waals surface area (Å²) in [6.07, 6.45) is 0. The van der Waals surface area contributed by atoms with Gasteiger partial charge in [0, 0.05) is 27.6 Å². The lowest BCUT2D eigenvalue weighted by Crippen LogP contribution is -1.96. The van der Waals surface area contributed by atoms with Crippen molar-refractivity contribution in [1.82, 2.24) is 15.0 Å². The number of benzene rings is 9. The maximum absolute atomic E-state index is 5.28. The number of pyridine rings is 1. The number of aromatic nitrogens is 3. The molecule has 11 rings (SSSR count). The third kappa shape index (κ3) is 7.23. The Morgan fingerprint density at radius 1 is 0.242 bits per heavy atom. The number of fused-ring (bicyclic) bond motifs is 3. The van der Waals surface area contributed by atoms with Crippen molar-refractivity contribution in [2.24, 2.45) is 0 Å². The predicted octanol–water partition coefficient (Wildman–Crippen LogP) is 15.5. The zero-order chi connectivity index (χ0) is 41.2. The molecule has 2 aromatic heterocycles. The fourth-order valence-electron chi connectivity index (χ4n) is 8.51. The van der Waals surface area contributed by atoms with E-state index in [0.29, 0.717) is 5.82 Å². The Balaban J connectivity index is 0.993. The van der Waals surface area contributed by atoms with Gasteiger partial charge in [-0.1, -0.05) is 194 Å². The smallest absolute Gasteiger partial charge is 0.160 e. The van der Waals surface area contributed by atoms with E-state index >= 15 is 0 Å². The minimum atomic E-state index is 0.681. The normalized spacial score (nSPS) is 11.2. The largest absolute Gasteiger partial charge is 0.248 e. The van der Waals surface area contributed by atoms with Gasteiger partial charge in [0.1, 0.15) is 0 Å². The van der Waals surface area contributed by atoms with Gasteiger partial charge in [-0.3, -0.25) is 0 Å². The van der Waals surface area contributed by atoms with E-state index in [1.54, 1.807) is 0 Å². The molecule has 0 saturated heterocycles. The molecular weight excluding hydrogens is 751 g/mol. The molecule has 0 aliphatic heterocycles. The zero-order valence-electron chi connectivity index (χ0n) is 33.9. The number of nitrogens with zero attached hydrogens (tertiary/aromatic N) is 3. The van der Waals surface area contributed by atoms with Crippen molar-refractivity contribution in [2.75, 3.05) is 0 Å². The van der Waals surface area contributed by atoms with E-state index in [1.807, 2.05) is 12.1 Å². The van der Waals surface area contributed by atoms with Crippen molar-refractivity contribution in [2.45, 2.75) is 0 Å². The molecule has 0 saturated carbocycles. The van der Waals surface area contributed by atoms with Gasteiger partial charge in [-0.2, -0.15) is 0 Å². The molecule has 62 heavy (non-hydrogen) atoms. The Kier molecular flexibility index (Phi) is 9.53. The van der Waals surface area contributed by atoms with Crippen molar-refractivity contribution in [1.29, 1.82) is 0 Å². The quantitative estimate of drug-likeness (QED) is 0.144. The van der Waals surface area contributed by atoms with E-state index in [9.17, 15) is 0 Å². The molecule has 0 aliphatic rings. The Morgan fingerprint density at radius 2 is 0.677 bits per heavy atom. The lowest BCUT2D eigenvalue weighted by atomic mass is 9.93. The van der Waals surface area contributed by atoms with E-state index < -0.39 is 0 Å². The van der Waals surface area contributed by atoms with Gasteiger partial charge >= 0.3 is 0 Å². The summed E-state index contributed by atoms with van der Waals surface area (Å²) in [6, 6.07) is 83.5. The van der Waals surface area contributed by atoms with Crippen LogP contribution in [-0.4, -0.2) is 15.0 Å². The Labute approximate surface area is 361 Å². The van der Waals surface area contributed by atoms with Crippen LogP contribution in [0.1, 0.15) is 0 Å². The molecule has 0 aliphatic carbocycles. The highest BCUT2D eigenvalue weighted by atomic mass is 14.9. The van der Waals surface area contributed by atoms with Gasteiger partial charge in [0.05, 0.1) is 22.6 Å². The standard InChI is InChI=1S/C59H39N3/c1-6-16-40(17-7-1)49-35-50(41-18-8-2-9-19-41)37-51(36-49)57-39-56(45-24-14-5-15-25-45)61-59(62-57)46-28-26-42(27-29-46)47-30-32-52-48(34-47)31-33-54-58(52)53(43-20-10-3-11-21-43)38-55(60-54)44-22-12-4-13-23-44/h1-39H. The fourth-order valence-corrected chi connectivity index (χ4v) is 8.51. The summed E-state index contributed by atoms with van der Waals surface area (Å²) >= 11 is 0. The molecule has 0 atom stereocenters. The van der Waals surface area contributed by atoms with Gasteiger partial charge < -0.3 is 0 Å². The van der Waals surface area contributed by atoms with Crippen molar-refractivity contribution < 1.29 is 0 Å². The van der Waals surface area contributed by atoms with Gasteiger partial charge in [-0.15, -0.1) is 0 Å². The first-order valence-corrected chi connectivity index (χ1v) is 21.0. The van der Waals surface area contributed by atoms with Crippen LogP contribution in [-0.2, 0) is 0 Å². The van der Waals surface area contributed by atoms with Crippen LogP contribution >= 0.6 is 0 Å². The molecule has 0 N–H and O–H groups in total. The molecule has 0 radical (unpaired) electrons. The first kappa shape index (κ1) is 36.8. The second-order valence-corrected chi connectivity index (χ2v) is 15.6. The zero-order valence-corrected chi connectivity index (χ0v) is 33.9. The SMILES string of the molecule is c1ccc(-c2cc(-c3ccccc3)cc(-c3cc(-c4ccccc4)nc(-c4ccc(-c5ccc6c(ccc7nc(-c8ccccc8)cc(-c8ccccc8)c76)c5)cc4)n3)c2)cc1. The monoisotopic (exact) mass is 789 g/mol. The summed E-state index contributed by atoms with van der Waals surface area (Å²) in [4.78, 5) is 15.6. The molecule has 0 spiro atoms. The van der Waals surface area contributed by atoms with Crippen molar-refractivity contribution in [3.63, 3.8) is 0 Å². The van der Waals surface area contributed by atoms with E-state index in [4.69, 9.17) is 15.0 Å². The first-order valence-electron chi connectivity index (χ1n) is 21.0. The summed E-state index contributed by atoms with van der Waals surface area (Å²) in [5.74, 6) is 0.681. The van der Waals surface area contributed by atoms with Gasteiger partial charge in [-0.25, -0.2) is 15.0 Å². The lowest BCUT2D eigenvalue weighted by Gasteiger charge is -2.14. The lowest BCUT2D eigenvalue weighted by molar-refractivity contribution is 1.18. The predicted molar refractivity (Wildman–Crippen MR) is 258 cm³/mol. The van der Waals surface area contributed by atoms with Crippen LogP contribution in [0.5, 0.6) is 0 Å². The van der Waals surface area contributed by atoms with Crippen molar-refractivity contribution >= 4 is 21.7 Å². The Morgan fingerprint density at radius 3 is 1.24 bits per heavy atom. The Bertz CT molecular complexity index is 3290. The highest BCUT2D eigenvalue weighted by Crippen LogP contribution is 2.39. The highest BCUT2D eigenvalue weighted by Gasteiger charge is 2.16. The summed E-state index contributed by atoms with van der Waals surface area (Å²) in [6.45, 7) is 0. The summed E-state index contributed by atoms with van der Waals surface area (Å²) in [5, 5.41) is 3.51. The van der Waals surface area contributed by atoms with Crippen LogP contribution in [0.3, 0.4) is 0 Å². The molecule has 0 bridgehead atoms. The van der Waals surface area contributed by atoms with E-state index in [0.717, 1.165) is 83.6 Å². The maximum atomic E-state index is 5.28. The van der Waals surface area contributed by atoms with Gasteiger partial charge in [0.2, 0.25) is 0 Å². The molecule has 0 fully saturated rings. The van der Waals surface area contributed by atoms with Crippen LogP contribution < -0.4 is 0 Å². The van der Waals surface area contributed by atoms with E-state index in [-0.39, 0.29) is 0 Å². The van der Waals surface area contributed by atoms with Gasteiger partial charge in [-0.05, 0) is 97.7 Å². The average molecular weight is 790 g/mol. The molecule has 290 valence electrons. The second kappa shape index (κ2) is 16.1. The second-order valence-electron chi connectivity index (χ2n) is 15.6. The van der Waals surface area contributed by atoms with Gasteiger partial charge in [0.15, 0.2) is 5.82 Å². The molecule has 11 aromatic rings. The minimum Gasteiger partial charge on any atom is -0.248 e. The topological polar surface area (TPSA) is 38.7 Å². The van der Waals surface area contributed by atoms with Crippen LogP contribution in [0.4, 0.5) is 0 Å². The van der Waals surface area contributed by atoms with Crippen molar-refractivity contribution in [3.8, 4) is 89.7 Å². The number of hydrogen-bond acceptors (Lipinski definition) is 3. The maximum Gasteiger partial charge on any atom is 0.160 e. The Hall–Kier alpha value is -8.27. The average Bonchev–Trinajstić information content (AvgIpc) is 3.37. The van der Waals surface area contributed by atoms with Gasteiger partial charge in [0.25, 0.3) is 0 Å². The third-order valence-electron chi connectivity index (χ3n) is 11.7. The minimum absolute atomic E-state index is 0.681. The van der Waals surface area contributed by atoms with Crippen LogP contribution in [0, 0.1) is 0 Å². The third-order valence-corrected chi connectivity index (χ3v) is 11.7. The van der Waals surface area contributed by atoms with E-state index in [1.165, 1.54) is 21.9 Å². The molecule has 3 heteroatoms. The first-order chi connectivity index (χ1) is 30.7. The van der Waals surface area contributed by atoms with Crippen LogP contribution in [0.25, 0.3) is 111 Å². The summed E-state index contributed by atoms with van der Waals surface area (Å²) in [7, 11) is 0. The highest BCUT2D eigenvalue weighted by molar-refractivity contribution is 6.14. The number of rotatable bonds is 8.